The highest BCUT2D eigenvalue weighted by Gasteiger charge is 2.21. The number of aliphatic hydroxyl groups is 1. The molecule has 0 bridgehead atoms. The van der Waals surface area contributed by atoms with Gasteiger partial charge in [-0.15, -0.1) is 0 Å². The summed E-state index contributed by atoms with van der Waals surface area (Å²) in [5, 5.41) is 8.92. The molecule has 90 valence electrons. The van der Waals surface area contributed by atoms with Gasteiger partial charge in [0.25, 0.3) is 0 Å². The van der Waals surface area contributed by atoms with Crippen LogP contribution in [0.5, 0.6) is 0 Å². The van der Waals surface area contributed by atoms with Gasteiger partial charge >= 0.3 is 0 Å². The van der Waals surface area contributed by atoms with Crippen LogP contribution in [-0.2, 0) is 10.0 Å². The van der Waals surface area contributed by atoms with Crippen LogP contribution >= 0.6 is 23.2 Å². The maximum atomic E-state index is 11.8. The highest BCUT2D eigenvalue weighted by molar-refractivity contribution is 7.89. The first-order valence-corrected chi connectivity index (χ1v) is 6.69. The zero-order valence-corrected chi connectivity index (χ0v) is 10.8. The second kappa shape index (κ2) is 5.33. The first kappa shape index (κ1) is 13.7. The summed E-state index contributed by atoms with van der Waals surface area (Å²) in [6, 6.07) is 3.76. The summed E-state index contributed by atoms with van der Waals surface area (Å²) in [5.41, 5.74) is 0. The van der Waals surface area contributed by atoms with Crippen molar-refractivity contribution in [1.29, 1.82) is 0 Å². The highest BCUT2D eigenvalue weighted by atomic mass is 35.5. The SMILES string of the molecule is C[C@@H](CO)NS(=O)(=O)c1cccc(Cl)c1Cl. The van der Waals surface area contributed by atoms with E-state index in [1.54, 1.807) is 0 Å². The van der Waals surface area contributed by atoms with Gasteiger partial charge in [-0.05, 0) is 19.1 Å². The maximum absolute atomic E-state index is 11.8. The van der Waals surface area contributed by atoms with E-state index in [2.05, 4.69) is 4.72 Å². The van der Waals surface area contributed by atoms with E-state index < -0.39 is 16.1 Å². The molecular formula is C9H11Cl2NO3S. The van der Waals surface area contributed by atoms with Crippen LogP contribution in [0.3, 0.4) is 0 Å². The smallest absolute Gasteiger partial charge is 0.242 e. The van der Waals surface area contributed by atoms with Crippen molar-refractivity contribution < 1.29 is 13.5 Å². The molecule has 0 heterocycles. The molecule has 1 aromatic carbocycles. The number of hydrogen-bond acceptors (Lipinski definition) is 3. The van der Waals surface area contributed by atoms with Crippen molar-refractivity contribution in [2.24, 2.45) is 0 Å². The van der Waals surface area contributed by atoms with Crippen LogP contribution < -0.4 is 4.72 Å². The molecule has 0 amide bonds. The predicted molar refractivity (Wildman–Crippen MR) is 63.3 cm³/mol. The molecule has 0 aliphatic carbocycles. The third-order valence-corrected chi connectivity index (χ3v) is 4.40. The minimum atomic E-state index is -3.75. The molecule has 7 heteroatoms. The van der Waals surface area contributed by atoms with Crippen LogP contribution in [0, 0.1) is 0 Å². The maximum Gasteiger partial charge on any atom is 0.242 e. The first-order valence-electron chi connectivity index (χ1n) is 4.45. The summed E-state index contributed by atoms with van der Waals surface area (Å²) in [6.07, 6.45) is 0. The number of halogens is 2. The van der Waals surface area contributed by atoms with Crippen LogP contribution in [0.25, 0.3) is 0 Å². The number of aliphatic hydroxyl groups excluding tert-OH is 1. The van der Waals surface area contributed by atoms with E-state index in [0.717, 1.165) is 0 Å². The zero-order chi connectivity index (χ0) is 12.3. The van der Waals surface area contributed by atoms with Crippen molar-refractivity contribution in [3.8, 4) is 0 Å². The van der Waals surface area contributed by atoms with Crippen LogP contribution in [-0.4, -0.2) is 26.2 Å². The van der Waals surface area contributed by atoms with E-state index in [1.165, 1.54) is 25.1 Å². The van der Waals surface area contributed by atoms with Gasteiger partial charge in [0.2, 0.25) is 10.0 Å². The van der Waals surface area contributed by atoms with E-state index in [-0.39, 0.29) is 21.5 Å². The highest BCUT2D eigenvalue weighted by Crippen LogP contribution is 2.28. The van der Waals surface area contributed by atoms with Gasteiger partial charge in [-0.2, -0.15) is 0 Å². The third kappa shape index (κ3) is 3.09. The largest absolute Gasteiger partial charge is 0.395 e. The van der Waals surface area contributed by atoms with Crippen molar-refractivity contribution in [3.05, 3.63) is 28.2 Å². The summed E-state index contributed by atoms with van der Waals surface area (Å²) in [7, 11) is -3.75. The minimum absolute atomic E-state index is 0.0261. The Bertz CT molecular complexity index is 476. The van der Waals surface area contributed by atoms with Gasteiger partial charge in [-0.25, -0.2) is 13.1 Å². The molecule has 0 aliphatic heterocycles. The number of nitrogens with one attached hydrogen (secondary N) is 1. The Hall–Kier alpha value is -0.330. The Labute approximate surface area is 104 Å². The molecule has 16 heavy (non-hydrogen) atoms. The molecular weight excluding hydrogens is 273 g/mol. The molecule has 0 fully saturated rings. The molecule has 0 radical (unpaired) electrons. The second-order valence-electron chi connectivity index (χ2n) is 3.26. The molecule has 0 saturated carbocycles. The van der Waals surface area contributed by atoms with Crippen molar-refractivity contribution in [2.45, 2.75) is 17.9 Å². The van der Waals surface area contributed by atoms with Gasteiger partial charge in [0.15, 0.2) is 0 Å². The molecule has 4 nitrogen and oxygen atoms in total. The molecule has 2 N–H and O–H groups in total. The van der Waals surface area contributed by atoms with Crippen LogP contribution in [0.15, 0.2) is 23.1 Å². The van der Waals surface area contributed by atoms with Crippen LogP contribution in [0.1, 0.15) is 6.92 Å². The molecule has 0 unspecified atom stereocenters. The molecule has 1 aromatic rings. The molecule has 0 aliphatic rings. The Morgan fingerprint density at radius 2 is 2.06 bits per heavy atom. The van der Waals surface area contributed by atoms with Gasteiger partial charge in [0, 0.05) is 6.04 Å². The fourth-order valence-corrected chi connectivity index (χ4v) is 3.05. The quantitative estimate of drug-likeness (QED) is 0.883. The Morgan fingerprint density at radius 3 is 2.62 bits per heavy atom. The van der Waals surface area contributed by atoms with E-state index in [9.17, 15) is 8.42 Å². The predicted octanol–water partition coefficient (Wildman–Crippen LogP) is 1.65. The lowest BCUT2D eigenvalue weighted by Crippen LogP contribution is -2.35. The minimum Gasteiger partial charge on any atom is -0.395 e. The standard InChI is InChI=1S/C9H11Cl2NO3S/c1-6(5-13)12-16(14,15)8-4-2-3-7(10)9(8)11/h2-4,6,12-13H,5H2,1H3/t6-/m0/s1. The fourth-order valence-electron chi connectivity index (χ4n) is 1.06. The normalized spacial score (nSPS) is 13.8. The van der Waals surface area contributed by atoms with Gasteiger partial charge in [-0.1, -0.05) is 29.3 Å². The van der Waals surface area contributed by atoms with Gasteiger partial charge in [0.1, 0.15) is 4.90 Å². The topological polar surface area (TPSA) is 66.4 Å². The van der Waals surface area contributed by atoms with Crippen LogP contribution in [0.4, 0.5) is 0 Å². The monoisotopic (exact) mass is 283 g/mol. The summed E-state index contributed by atoms with van der Waals surface area (Å²) >= 11 is 11.5. The zero-order valence-electron chi connectivity index (χ0n) is 8.44. The number of hydrogen-bond donors (Lipinski definition) is 2. The summed E-state index contributed by atoms with van der Waals surface area (Å²) in [6.45, 7) is 1.24. The summed E-state index contributed by atoms with van der Waals surface area (Å²) in [5.74, 6) is 0. The van der Waals surface area contributed by atoms with Crippen molar-refractivity contribution in [1.82, 2.24) is 4.72 Å². The molecule has 1 atom stereocenters. The molecule has 0 spiro atoms. The first-order chi connectivity index (χ1) is 7.38. The van der Waals surface area contributed by atoms with Gasteiger partial charge < -0.3 is 5.11 Å². The Morgan fingerprint density at radius 1 is 1.44 bits per heavy atom. The lowest BCUT2D eigenvalue weighted by Gasteiger charge is -2.12. The Kier molecular flexibility index (Phi) is 4.58. The number of sulfonamides is 1. The fraction of sp³-hybridized carbons (Fsp3) is 0.333. The number of benzene rings is 1. The van der Waals surface area contributed by atoms with Crippen molar-refractivity contribution in [3.63, 3.8) is 0 Å². The summed E-state index contributed by atoms with van der Waals surface area (Å²) in [4.78, 5) is -0.0954. The lowest BCUT2D eigenvalue weighted by atomic mass is 10.4. The molecule has 1 rings (SSSR count). The van der Waals surface area contributed by atoms with E-state index >= 15 is 0 Å². The molecule has 0 aromatic heterocycles. The number of rotatable bonds is 4. The van der Waals surface area contributed by atoms with Crippen molar-refractivity contribution >= 4 is 33.2 Å². The average Bonchev–Trinajstić information content (AvgIpc) is 2.21. The third-order valence-electron chi connectivity index (χ3n) is 1.84. The van der Waals surface area contributed by atoms with Gasteiger partial charge in [0.05, 0.1) is 16.7 Å². The second-order valence-corrected chi connectivity index (χ2v) is 5.72. The van der Waals surface area contributed by atoms with E-state index in [1.807, 2.05) is 0 Å². The summed E-state index contributed by atoms with van der Waals surface area (Å²) < 4.78 is 25.9. The van der Waals surface area contributed by atoms with E-state index in [0.29, 0.717) is 0 Å². The van der Waals surface area contributed by atoms with Crippen LogP contribution in [0.2, 0.25) is 10.0 Å². The van der Waals surface area contributed by atoms with Gasteiger partial charge in [-0.3, -0.25) is 0 Å². The lowest BCUT2D eigenvalue weighted by molar-refractivity contribution is 0.265. The molecule has 0 saturated heterocycles. The Balaban J connectivity index is 3.13. The van der Waals surface area contributed by atoms with Crippen molar-refractivity contribution in [2.75, 3.05) is 6.61 Å². The van der Waals surface area contributed by atoms with E-state index in [4.69, 9.17) is 28.3 Å². The average molecular weight is 284 g/mol.